The lowest BCUT2D eigenvalue weighted by atomic mass is 9.93. The summed E-state index contributed by atoms with van der Waals surface area (Å²) in [6.45, 7) is 5.41. The van der Waals surface area contributed by atoms with Crippen LogP contribution in [0, 0.1) is 12.7 Å². The second-order valence-corrected chi connectivity index (χ2v) is 4.58. The van der Waals surface area contributed by atoms with Crippen LogP contribution in [0.3, 0.4) is 0 Å². The highest BCUT2D eigenvalue weighted by molar-refractivity contribution is 5.95. The molecule has 0 bridgehead atoms. The molecule has 1 amide bonds. The summed E-state index contributed by atoms with van der Waals surface area (Å²) in [4.78, 5) is 12.0. The minimum atomic E-state index is -0.673. The number of benzene rings is 1. The van der Waals surface area contributed by atoms with Gasteiger partial charge in [0.05, 0.1) is 17.7 Å². The van der Waals surface area contributed by atoms with Crippen molar-refractivity contribution < 1.29 is 14.3 Å². The average Bonchev–Trinajstić information content (AvgIpc) is 2.38. The first-order valence-electron chi connectivity index (χ1n) is 6.17. The van der Waals surface area contributed by atoms with Gasteiger partial charge in [-0.2, -0.15) is 0 Å². The molecule has 1 aromatic rings. The van der Waals surface area contributed by atoms with Crippen LogP contribution in [0.2, 0.25) is 0 Å². The molecule has 1 aromatic carbocycles. The van der Waals surface area contributed by atoms with Gasteiger partial charge in [0.25, 0.3) is 5.91 Å². The van der Waals surface area contributed by atoms with Crippen LogP contribution in [-0.4, -0.2) is 23.2 Å². The van der Waals surface area contributed by atoms with E-state index < -0.39 is 17.3 Å². The van der Waals surface area contributed by atoms with Crippen molar-refractivity contribution in [3.8, 4) is 0 Å². The van der Waals surface area contributed by atoms with E-state index in [1.54, 1.807) is 13.0 Å². The molecule has 0 saturated heterocycles. The number of halogens is 1. The summed E-state index contributed by atoms with van der Waals surface area (Å²) >= 11 is 0. The molecule has 0 saturated carbocycles. The van der Waals surface area contributed by atoms with Crippen LogP contribution < -0.4 is 5.32 Å². The molecule has 0 unspecified atom stereocenters. The van der Waals surface area contributed by atoms with E-state index >= 15 is 0 Å². The SMILES string of the molecule is CCC(CC)(CO)NC(=O)c1cc(C)ccc1F. The van der Waals surface area contributed by atoms with Crippen LogP contribution in [0.5, 0.6) is 0 Å². The van der Waals surface area contributed by atoms with E-state index in [0.717, 1.165) is 5.56 Å². The van der Waals surface area contributed by atoms with Crippen molar-refractivity contribution >= 4 is 5.91 Å². The Morgan fingerprint density at radius 3 is 2.50 bits per heavy atom. The Bertz CT molecular complexity index is 420. The second kappa shape index (κ2) is 5.96. The number of aryl methyl sites for hydroxylation is 1. The highest BCUT2D eigenvalue weighted by Crippen LogP contribution is 2.17. The Morgan fingerprint density at radius 2 is 2.00 bits per heavy atom. The predicted molar refractivity (Wildman–Crippen MR) is 69.0 cm³/mol. The fourth-order valence-electron chi connectivity index (χ4n) is 1.81. The Morgan fingerprint density at radius 1 is 1.39 bits per heavy atom. The van der Waals surface area contributed by atoms with E-state index in [0.29, 0.717) is 12.8 Å². The molecule has 3 nitrogen and oxygen atoms in total. The molecular weight excluding hydrogens is 233 g/mol. The van der Waals surface area contributed by atoms with Crippen molar-refractivity contribution in [3.05, 3.63) is 35.1 Å². The fraction of sp³-hybridized carbons (Fsp3) is 0.500. The topological polar surface area (TPSA) is 49.3 Å². The number of carbonyl (C=O) groups excluding carboxylic acids is 1. The van der Waals surface area contributed by atoms with Gasteiger partial charge in [0.2, 0.25) is 0 Å². The Balaban J connectivity index is 2.97. The molecule has 0 radical (unpaired) electrons. The van der Waals surface area contributed by atoms with Gasteiger partial charge in [-0.05, 0) is 31.9 Å². The molecule has 18 heavy (non-hydrogen) atoms. The zero-order valence-corrected chi connectivity index (χ0v) is 11.1. The number of carbonyl (C=O) groups is 1. The number of hydrogen-bond donors (Lipinski definition) is 2. The molecule has 0 aliphatic carbocycles. The molecule has 0 aromatic heterocycles. The molecule has 1 rings (SSSR count). The third kappa shape index (κ3) is 3.07. The van der Waals surface area contributed by atoms with Crippen LogP contribution in [0.25, 0.3) is 0 Å². The van der Waals surface area contributed by atoms with Crippen molar-refractivity contribution in [2.45, 2.75) is 39.2 Å². The van der Waals surface area contributed by atoms with E-state index in [1.165, 1.54) is 12.1 Å². The first-order chi connectivity index (χ1) is 8.48. The molecule has 0 atom stereocenters. The molecular formula is C14H20FNO2. The molecule has 0 aliphatic rings. The molecule has 0 aliphatic heterocycles. The van der Waals surface area contributed by atoms with Crippen molar-refractivity contribution in [1.82, 2.24) is 5.32 Å². The first kappa shape index (κ1) is 14.6. The largest absolute Gasteiger partial charge is 0.394 e. The lowest BCUT2D eigenvalue weighted by molar-refractivity contribution is 0.0813. The van der Waals surface area contributed by atoms with E-state index in [9.17, 15) is 14.3 Å². The Labute approximate surface area is 107 Å². The lowest BCUT2D eigenvalue weighted by Gasteiger charge is -2.30. The second-order valence-electron chi connectivity index (χ2n) is 4.58. The van der Waals surface area contributed by atoms with Gasteiger partial charge in [-0.3, -0.25) is 4.79 Å². The summed E-state index contributed by atoms with van der Waals surface area (Å²) in [6.07, 6.45) is 1.19. The van der Waals surface area contributed by atoms with E-state index in [2.05, 4.69) is 5.32 Å². The van der Waals surface area contributed by atoms with Gasteiger partial charge in [0.1, 0.15) is 5.82 Å². The first-order valence-corrected chi connectivity index (χ1v) is 6.17. The normalized spacial score (nSPS) is 11.4. The number of aliphatic hydroxyl groups excluding tert-OH is 1. The van der Waals surface area contributed by atoms with Gasteiger partial charge in [-0.25, -0.2) is 4.39 Å². The van der Waals surface area contributed by atoms with Crippen molar-refractivity contribution in [2.75, 3.05) is 6.61 Å². The monoisotopic (exact) mass is 253 g/mol. The summed E-state index contributed by atoms with van der Waals surface area (Å²) < 4.78 is 13.6. The molecule has 4 heteroatoms. The standard InChI is InChI=1S/C14H20FNO2/c1-4-14(5-2,9-17)16-13(18)11-8-10(3)6-7-12(11)15/h6-8,17H,4-5,9H2,1-3H3,(H,16,18). The molecule has 0 heterocycles. The van der Waals surface area contributed by atoms with Gasteiger partial charge >= 0.3 is 0 Å². The van der Waals surface area contributed by atoms with Gasteiger partial charge < -0.3 is 10.4 Å². The van der Waals surface area contributed by atoms with Gasteiger partial charge in [-0.1, -0.05) is 25.5 Å². The summed E-state index contributed by atoms with van der Waals surface area (Å²) in [6, 6.07) is 4.41. The van der Waals surface area contributed by atoms with Crippen molar-refractivity contribution in [1.29, 1.82) is 0 Å². The zero-order valence-electron chi connectivity index (χ0n) is 11.1. The number of nitrogens with one attached hydrogen (secondary N) is 1. The molecule has 0 spiro atoms. The smallest absolute Gasteiger partial charge is 0.254 e. The van der Waals surface area contributed by atoms with Crippen LogP contribution in [0.15, 0.2) is 18.2 Å². The minimum absolute atomic E-state index is 0.0229. The van der Waals surface area contributed by atoms with Gasteiger partial charge in [0, 0.05) is 0 Å². The summed E-state index contributed by atoms with van der Waals surface area (Å²) in [5.41, 5.74) is 0.173. The van der Waals surface area contributed by atoms with Crippen LogP contribution in [-0.2, 0) is 0 Å². The van der Waals surface area contributed by atoms with Crippen LogP contribution in [0.4, 0.5) is 4.39 Å². The predicted octanol–water partition coefficient (Wildman–Crippen LogP) is 2.42. The van der Waals surface area contributed by atoms with Crippen LogP contribution in [0.1, 0.15) is 42.6 Å². The lowest BCUT2D eigenvalue weighted by Crippen LogP contribution is -2.50. The number of rotatable bonds is 5. The van der Waals surface area contributed by atoms with E-state index in [1.807, 2.05) is 13.8 Å². The van der Waals surface area contributed by atoms with E-state index in [-0.39, 0.29) is 12.2 Å². The fourth-order valence-corrected chi connectivity index (χ4v) is 1.81. The summed E-state index contributed by atoms with van der Waals surface area (Å²) in [5.74, 6) is -1.02. The van der Waals surface area contributed by atoms with Gasteiger partial charge in [-0.15, -0.1) is 0 Å². The highest BCUT2D eigenvalue weighted by Gasteiger charge is 2.28. The number of hydrogen-bond acceptors (Lipinski definition) is 2. The van der Waals surface area contributed by atoms with Crippen molar-refractivity contribution in [3.63, 3.8) is 0 Å². The zero-order chi connectivity index (χ0) is 13.8. The number of aliphatic hydroxyl groups is 1. The Kier molecular flexibility index (Phi) is 4.84. The minimum Gasteiger partial charge on any atom is -0.394 e. The molecule has 0 fully saturated rings. The summed E-state index contributed by atoms with van der Waals surface area (Å²) in [7, 11) is 0. The maximum atomic E-state index is 13.6. The quantitative estimate of drug-likeness (QED) is 0.846. The van der Waals surface area contributed by atoms with Crippen molar-refractivity contribution in [2.24, 2.45) is 0 Å². The number of amides is 1. The Hall–Kier alpha value is -1.42. The van der Waals surface area contributed by atoms with Crippen LogP contribution >= 0.6 is 0 Å². The van der Waals surface area contributed by atoms with Gasteiger partial charge in [0.15, 0.2) is 0 Å². The summed E-state index contributed by atoms with van der Waals surface area (Å²) in [5, 5.41) is 12.1. The average molecular weight is 253 g/mol. The maximum Gasteiger partial charge on any atom is 0.254 e. The maximum absolute atomic E-state index is 13.6. The highest BCUT2D eigenvalue weighted by atomic mass is 19.1. The molecule has 100 valence electrons. The molecule has 2 N–H and O–H groups in total. The third-order valence-corrected chi connectivity index (χ3v) is 3.40. The van der Waals surface area contributed by atoms with E-state index in [4.69, 9.17) is 0 Å². The third-order valence-electron chi connectivity index (χ3n) is 3.40.